The number of nitrogens with zero attached hydrogens (tertiary/aromatic N) is 2. The molecule has 1 aliphatic rings. The van der Waals surface area contributed by atoms with Gasteiger partial charge in [-0.3, -0.25) is 14.7 Å². The molecule has 1 fully saturated rings. The van der Waals surface area contributed by atoms with Crippen LogP contribution in [0.2, 0.25) is 0 Å². The van der Waals surface area contributed by atoms with Crippen LogP contribution in [0.1, 0.15) is 32.3 Å². The Morgan fingerprint density at radius 3 is 2.77 bits per heavy atom. The van der Waals surface area contributed by atoms with Crippen molar-refractivity contribution in [2.45, 2.75) is 38.0 Å². The second-order valence-corrected chi connectivity index (χ2v) is 10.8. The molecule has 1 aromatic heterocycles. The van der Waals surface area contributed by atoms with Crippen molar-refractivity contribution in [3.8, 4) is 23.7 Å². The third-order valence-electron chi connectivity index (χ3n) is 6.02. The van der Waals surface area contributed by atoms with E-state index in [1.165, 1.54) is 12.4 Å². The molecule has 1 unspecified atom stereocenters. The van der Waals surface area contributed by atoms with Gasteiger partial charge >= 0.3 is 0 Å². The van der Waals surface area contributed by atoms with Crippen LogP contribution in [0.15, 0.2) is 24.4 Å². The summed E-state index contributed by atoms with van der Waals surface area (Å²) < 4.78 is 23.9. The molecule has 1 saturated carbocycles. The van der Waals surface area contributed by atoms with Gasteiger partial charge in [0, 0.05) is 42.0 Å². The number of carbonyl (C=O) groups excluding carboxylic acids is 1. The molecule has 1 heterocycles. The molecule has 1 aliphatic carbocycles. The Balaban J connectivity index is 1.74. The van der Waals surface area contributed by atoms with Crippen LogP contribution < -0.4 is 5.48 Å². The monoisotopic (exact) mass is 443 g/mol. The number of aryl methyl sites for hydroxylation is 1. The molecule has 0 saturated heterocycles. The first kappa shape index (κ1) is 22.8. The minimum absolute atomic E-state index is 0.0535. The Hall–Kier alpha value is -2.85. The largest absolute Gasteiger partial charge is 0.396 e. The first-order chi connectivity index (χ1) is 14.5. The Kier molecular flexibility index (Phi) is 6.15. The van der Waals surface area contributed by atoms with Gasteiger partial charge in [-0.1, -0.05) is 11.8 Å². The van der Waals surface area contributed by atoms with Crippen molar-refractivity contribution < 1.29 is 23.5 Å². The first-order valence-corrected chi connectivity index (χ1v) is 11.7. The zero-order valence-electron chi connectivity index (χ0n) is 17.6. The molecule has 0 aliphatic heterocycles. The lowest BCUT2D eigenvalue weighted by molar-refractivity contribution is -0.131. The number of hydroxylamine groups is 1. The van der Waals surface area contributed by atoms with E-state index in [0.29, 0.717) is 5.52 Å². The summed E-state index contributed by atoms with van der Waals surface area (Å²) in [6.45, 7) is 3.61. The number of hydrogen-bond acceptors (Lipinski definition) is 6. The van der Waals surface area contributed by atoms with Gasteiger partial charge in [0.15, 0.2) is 14.6 Å². The molecule has 3 N–H and O–H groups in total. The van der Waals surface area contributed by atoms with Crippen LogP contribution in [-0.2, 0) is 21.2 Å². The fraction of sp³-hybridized carbons (Fsp3) is 0.455. The number of carbonyl (C=O) groups is 1. The fourth-order valence-corrected chi connectivity index (χ4v) is 4.18. The maximum absolute atomic E-state index is 12.1. The van der Waals surface area contributed by atoms with Crippen molar-refractivity contribution in [2.24, 2.45) is 11.3 Å². The van der Waals surface area contributed by atoms with Gasteiger partial charge in [-0.05, 0) is 62.6 Å². The molecular formula is C22H25N3O5S. The number of fused-ring (bicyclic) bond motifs is 1. The fourth-order valence-electron chi connectivity index (χ4n) is 3.33. The number of benzene rings is 1. The first-order valence-electron chi connectivity index (χ1n) is 9.78. The van der Waals surface area contributed by atoms with Crippen molar-refractivity contribution >= 4 is 26.6 Å². The number of sulfone groups is 1. The van der Waals surface area contributed by atoms with Crippen LogP contribution in [-0.4, -0.2) is 52.0 Å². The van der Waals surface area contributed by atoms with Gasteiger partial charge in [0.05, 0.1) is 5.52 Å². The van der Waals surface area contributed by atoms with E-state index in [1.54, 1.807) is 10.9 Å². The van der Waals surface area contributed by atoms with E-state index in [1.807, 2.05) is 25.1 Å². The summed E-state index contributed by atoms with van der Waals surface area (Å²) in [5.74, 6) is 11.1. The van der Waals surface area contributed by atoms with Gasteiger partial charge in [0.1, 0.15) is 0 Å². The predicted octanol–water partition coefficient (Wildman–Crippen LogP) is 1.11. The molecule has 0 radical (unpaired) electrons. The van der Waals surface area contributed by atoms with E-state index < -0.39 is 20.5 Å². The van der Waals surface area contributed by atoms with Crippen molar-refractivity contribution in [3.05, 3.63) is 30.0 Å². The number of amides is 1. The normalized spacial score (nSPS) is 21.9. The molecule has 1 amide bonds. The van der Waals surface area contributed by atoms with E-state index in [-0.39, 0.29) is 30.9 Å². The third-order valence-corrected chi connectivity index (χ3v) is 8.05. The molecule has 31 heavy (non-hydrogen) atoms. The van der Waals surface area contributed by atoms with Crippen LogP contribution >= 0.6 is 0 Å². The number of aliphatic hydroxyl groups excluding tert-OH is 1. The van der Waals surface area contributed by atoms with E-state index in [2.05, 4.69) is 28.8 Å². The third kappa shape index (κ3) is 4.75. The smallest absolute Gasteiger partial charge is 0.264 e. The zero-order chi connectivity index (χ0) is 22.9. The highest BCUT2D eigenvalue weighted by atomic mass is 32.2. The number of hydrogen-bond donors (Lipinski definition) is 3. The maximum atomic E-state index is 12.1. The Bertz CT molecular complexity index is 1240. The van der Waals surface area contributed by atoms with Crippen molar-refractivity contribution in [3.63, 3.8) is 0 Å². The molecule has 164 valence electrons. The molecule has 9 heteroatoms. The Labute approximate surface area is 181 Å². The molecule has 0 bridgehead atoms. The summed E-state index contributed by atoms with van der Waals surface area (Å²) in [5.41, 5.74) is 2.78. The number of rotatable bonds is 6. The standard InChI is InChI=1S/C22H25N3O5S/c1-21(13-18(21)15-26)9-5-4-6-16-7-8-19-17(12-16)14-25(23-19)11-10-22(2,20(27)24-28)31(3,29)30/h7-8,12,14,18,26,28H,10-11,13,15H2,1-3H3,(H,24,27)/t18-,21+,22?/m0/s1. The topological polar surface area (TPSA) is 122 Å². The van der Waals surface area contributed by atoms with E-state index >= 15 is 0 Å². The molecule has 3 rings (SSSR count). The molecule has 8 nitrogen and oxygen atoms in total. The van der Waals surface area contributed by atoms with Gasteiger partial charge < -0.3 is 5.11 Å². The lowest BCUT2D eigenvalue weighted by Crippen LogP contribution is -2.49. The van der Waals surface area contributed by atoms with E-state index in [0.717, 1.165) is 23.6 Å². The predicted molar refractivity (Wildman–Crippen MR) is 115 cm³/mol. The van der Waals surface area contributed by atoms with Gasteiger partial charge in [-0.25, -0.2) is 13.9 Å². The summed E-state index contributed by atoms with van der Waals surface area (Å²) in [6.07, 6.45) is 3.55. The van der Waals surface area contributed by atoms with Crippen molar-refractivity contribution in [1.29, 1.82) is 0 Å². The quantitative estimate of drug-likeness (QED) is 0.349. The second kappa shape index (κ2) is 8.35. The van der Waals surface area contributed by atoms with Crippen LogP contribution in [0.3, 0.4) is 0 Å². The minimum atomic E-state index is -3.77. The lowest BCUT2D eigenvalue weighted by Gasteiger charge is -2.24. The lowest BCUT2D eigenvalue weighted by atomic mass is 10.1. The average molecular weight is 444 g/mol. The summed E-state index contributed by atoms with van der Waals surface area (Å²) in [5, 5.41) is 23.3. The van der Waals surface area contributed by atoms with E-state index in [9.17, 15) is 13.2 Å². The zero-order valence-corrected chi connectivity index (χ0v) is 18.5. The van der Waals surface area contributed by atoms with Crippen LogP contribution in [0, 0.1) is 35.0 Å². The van der Waals surface area contributed by atoms with Crippen molar-refractivity contribution in [2.75, 3.05) is 12.9 Å². The maximum Gasteiger partial charge on any atom is 0.264 e. The minimum Gasteiger partial charge on any atom is -0.396 e. The van der Waals surface area contributed by atoms with Gasteiger partial charge in [-0.2, -0.15) is 5.10 Å². The number of aromatic nitrogens is 2. The summed E-state index contributed by atoms with van der Waals surface area (Å²) in [4.78, 5) is 11.9. The van der Waals surface area contributed by atoms with E-state index in [4.69, 9.17) is 10.3 Å². The highest BCUT2D eigenvalue weighted by Gasteiger charge is 2.48. The van der Waals surface area contributed by atoms with Gasteiger partial charge in [-0.15, -0.1) is 0 Å². The summed E-state index contributed by atoms with van der Waals surface area (Å²) in [7, 11) is -3.77. The molecule has 1 aromatic carbocycles. The second-order valence-electron chi connectivity index (χ2n) is 8.36. The highest BCUT2D eigenvalue weighted by molar-refractivity contribution is 7.92. The average Bonchev–Trinajstić information content (AvgIpc) is 3.20. The van der Waals surface area contributed by atoms with Crippen LogP contribution in [0.4, 0.5) is 0 Å². The Morgan fingerprint density at radius 2 is 2.16 bits per heavy atom. The summed E-state index contributed by atoms with van der Waals surface area (Å²) in [6, 6.07) is 5.49. The molecule has 0 spiro atoms. The molecule has 2 aromatic rings. The van der Waals surface area contributed by atoms with Gasteiger partial charge in [0.2, 0.25) is 0 Å². The Morgan fingerprint density at radius 1 is 1.42 bits per heavy atom. The molecule has 3 atom stereocenters. The van der Waals surface area contributed by atoms with Crippen molar-refractivity contribution in [1.82, 2.24) is 15.3 Å². The number of nitrogens with one attached hydrogen (secondary N) is 1. The summed E-state index contributed by atoms with van der Waals surface area (Å²) >= 11 is 0. The molecular weight excluding hydrogens is 418 g/mol. The highest BCUT2D eigenvalue weighted by Crippen LogP contribution is 2.51. The van der Waals surface area contributed by atoms with Crippen LogP contribution in [0.25, 0.3) is 10.9 Å². The SMILES string of the molecule is CC(CCn1cc2cc(C#CC#C[C@]3(C)C[C@H]3CO)ccc2n1)(C(=O)NO)S(C)(=O)=O. The van der Waals surface area contributed by atoms with Crippen LogP contribution in [0.5, 0.6) is 0 Å². The van der Waals surface area contributed by atoms with Gasteiger partial charge in [0.25, 0.3) is 5.91 Å². The number of aliphatic hydroxyl groups is 1.